The number of hydrogen-bond acceptors (Lipinski definition) is 7. The quantitative estimate of drug-likeness (QED) is 0.258. The van der Waals surface area contributed by atoms with E-state index in [9.17, 15) is 13.2 Å². The molecule has 4 rings (SSSR count). The van der Waals surface area contributed by atoms with Gasteiger partial charge in [-0.3, -0.25) is 19.8 Å². The van der Waals surface area contributed by atoms with Gasteiger partial charge in [0.05, 0.1) is 21.8 Å². The third-order valence-electron chi connectivity index (χ3n) is 4.54. The minimum atomic E-state index is -4.10. The van der Waals surface area contributed by atoms with E-state index in [1.807, 2.05) is 0 Å². The van der Waals surface area contributed by atoms with Crippen molar-refractivity contribution in [3.05, 3.63) is 86.6 Å². The Labute approximate surface area is 219 Å². The van der Waals surface area contributed by atoms with Crippen LogP contribution in [-0.4, -0.2) is 24.3 Å². The van der Waals surface area contributed by atoms with E-state index in [1.54, 1.807) is 12.3 Å². The van der Waals surface area contributed by atoms with Crippen molar-refractivity contribution in [1.82, 2.24) is 9.97 Å². The molecule has 0 radical (unpaired) electrons. The van der Waals surface area contributed by atoms with Gasteiger partial charge in [-0.15, -0.1) is 11.3 Å². The smallest absolute Gasteiger partial charge is 0.263 e. The highest BCUT2D eigenvalue weighted by Gasteiger charge is 2.22. The van der Waals surface area contributed by atoms with E-state index in [2.05, 4.69) is 20.0 Å². The summed E-state index contributed by atoms with van der Waals surface area (Å²) in [6.45, 7) is 1.66. The predicted octanol–water partition coefficient (Wildman–Crippen LogP) is 6.65. The first-order valence-corrected chi connectivity index (χ1v) is 13.2. The number of hydrogen-bond donors (Lipinski definition) is 2. The number of pyridine rings is 1. The Kier molecular flexibility index (Phi) is 7.48. The zero-order chi connectivity index (χ0) is 25.2. The van der Waals surface area contributed by atoms with Crippen LogP contribution >= 0.6 is 46.1 Å². The van der Waals surface area contributed by atoms with Crippen LogP contribution in [0.1, 0.15) is 15.9 Å². The molecule has 0 saturated carbocycles. The lowest BCUT2D eigenvalue weighted by molar-refractivity contribution is 0.102. The summed E-state index contributed by atoms with van der Waals surface area (Å²) in [7, 11) is -4.10. The van der Waals surface area contributed by atoms with Crippen LogP contribution in [0.3, 0.4) is 0 Å². The molecule has 180 valence electrons. The minimum absolute atomic E-state index is 0.0387. The lowest BCUT2D eigenvalue weighted by Crippen LogP contribution is -2.16. The summed E-state index contributed by atoms with van der Waals surface area (Å²) in [5.41, 5.74) is 0.687. The molecule has 35 heavy (non-hydrogen) atoms. The van der Waals surface area contributed by atoms with Gasteiger partial charge in [-0.1, -0.05) is 34.8 Å². The number of aryl methyl sites for hydroxylation is 1. The van der Waals surface area contributed by atoms with Crippen molar-refractivity contribution in [2.45, 2.75) is 11.8 Å². The second kappa shape index (κ2) is 10.4. The lowest BCUT2D eigenvalue weighted by atomic mass is 10.1. The van der Waals surface area contributed by atoms with Crippen molar-refractivity contribution in [3.63, 3.8) is 0 Å². The number of halogens is 3. The largest absolute Gasteiger partial charge is 0.455 e. The molecule has 2 aromatic carbocycles. The summed E-state index contributed by atoms with van der Waals surface area (Å²) >= 11 is 19.4. The summed E-state index contributed by atoms with van der Waals surface area (Å²) in [5.74, 6) is -0.129. The van der Waals surface area contributed by atoms with Crippen molar-refractivity contribution in [3.8, 4) is 11.5 Å². The maximum atomic E-state index is 13.0. The SMILES string of the molecule is Cc1cc(S(=O)(=O)Nc2ccc(Oc3cncc(Cl)c3)c(C(=O)Nc3nccs3)c2)c(Cl)cc1Cl. The molecule has 0 aliphatic rings. The van der Waals surface area contributed by atoms with E-state index >= 15 is 0 Å². The fourth-order valence-corrected chi connectivity index (χ4v) is 5.50. The molecule has 0 fully saturated rings. The predicted molar refractivity (Wildman–Crippen MR) is 138 cm³/mol. The lowest BCUT2D eigenvalue weighted by Gasteiger charge is -2.15. The van der Waals surface area contributed by atoms with Crippen molar-refractivity contribution in [2.24, 2.45) is 0 Å². The number of amides is 1. The summed E-state index contributed by atoms with van der Waals surface area (Å²) in [5, 5.41) is 5.36. The monoisotopic (exact) mass is 568 g/mol. The standard InChI is InChI=1S/C22H15Cl3N4O4S2/c1-12-6-20(18(25)9-17(12)24)35(31,32)29-14-2-3-19(33-15-7-13(23)10-26-11-15)16(8-14)21(30)28-22-27-4-5-34-22/h2-11,29H,1H3,(H,27,28,30). The fraction of sp³-hybridized carbons (Fsp3) is 0.0455. The zero-order valence-electron chi connectivity index (χ0n) is 17.8. The number of thiazole rings is 1. The van der Waals surface area contributed by atoms with E-state index in [0.29, 0.717) is 20.7 Å². The molecule has 0 aliphatic carbocycles. The molecular formula is C22H15Cl3N4O4S2. The second-order valence-corrected chi connectivity index (χ2v) is 10.9. The number of benzene rings is 2. The highest BCUT2D eigenvalue weighted by atomic mass is 35.5. The minimum Gasteiger partial charge on any atom is -0.455 e. The number of rotatable bonds is 7. The van der Waals surface area contributed by atoms with E-state index in [4.69, 9.17) is 39.5 Å². The average molecular weight is 570 g/mol. The molecule has 0 atom stereocenters. The van der Waals surface area contributed by atoms with Crippen LogP contribution in [0, 0.1) is 6.92 Å². The van der Waals surface area contributed by atoms with Crippen molar-refractivity contribution in [1.29, 1.82) is 0 Å². The van der Waals surface area contributed by atoms with Gasteiger partial charge in [0.25, 0.3) is 15.9 Å². The molecule has 2 heterocycles. The first-order chi connectivity index (χ1) is 16.6. The first kappa shape index (κ1) is 25.2. The molecule has 13 heteroatoms. The molecule has 2 N–H and O–H groups in total. The van der Waals surface area contributed by atoms with Gasteiger partial charge >= 0.3 is 0 Å². The van der Waals surface area contributed by atoms with Gasteiger partial charge in [0.1, 0.15) is 16.4 Å². The summed E-state index contributed by atoms with van der Waals surface area (Å²) in [6, 6.07) is 8.48. The molecule has 0 bridgehead atoms. The maximum absolute atomic E-state index is 13.0. The number of ether oxygens (including phenoxy) is 1. The topological polar surface area (TPSA) is 110 Å². The van der Waals surface area contributed by atoms with Gasteiger partial charge in [-0.2, -0.15) is 0 Å². The van der Waals surface area contributed by atoms with Crippen LogP contribution in [-0.2, 0) is 10.0 Å². The Morgan fingerprint density at radius 1 is 1.06 bits per heavy atom. The van der Waals surface area contributed by atoms with E-state index in [-0.39, 0.29) is 32.7 Å². The maximum Gasteiger partial charge on any atom is 0.263 e. The zero-order valence-corrected chi connectivity index (χ0v) is 21.7. The highest BCUT2D eigenvalue weighted by Crippen LogP contribution is 2.33. The summed E-state index contributed by atoms with van der Waals surface area (Å²) in [6.07, 6.45) is 4.40. The van der Waals surface area contributed by atoms with Gasteiger partial charge in [-0.05, 0) is 42.8 Å². The molecular weight excluding hydrogens is 555 g/mol. The molecule has 0 unspecified atom stereocenters. The molecule has 0 saturated heterocycles. The molecule has 0 spiro atoms. The van der Waals surface area contributed by atoms with Gasteiger partial charge in [0.15, 0.2) is 5.13 Å². The van der Waals surface area contributed by atoms with Crippen molar-refractivity contribution >= 4 is 72.9 Å². The fourth-order valence-electron chi connectivity index (χ4n) is 2.93. The third kappa shape index (κ3) is 6.03. The number of aromatic nitrogens is 2. The van der Waals surface area contributed by atoms with Gasteiger partial charge < -0.3 is 4.74 Å². The van der Waals surface area contributed by atoms with Crippen LogP contribution in [0.4, 0.5) is 10.8 Å². The Hall–Kier alpha value is -2.89. The van der Waals surface area contributed by atoms with Crippen LogP contribution in [0.15, 0.2) is 65.3 Å². The van der Waals surface area contributed by atoms with E-state index < -0.39 is 15.9 Å². The van der Waals surface area contributed by atoms with Crippen molar-refractivity contribution < 1.29 is 17.9 Å². The van der Waals surface area contributed by atoms with Crippen LogP contribution in [0.2, 0.25) is 15.1 Å². The van der Waals surface area contributed by atoms with Gasteiger partial charge in [0.2, 0.25) is 0 Å². The Balaban J connectivity index is 1.70. The average Bonchev–Trinajstić information content (AvgIpc) is 3.30. The summed E-state index contributed by atoms with van der Waals surface area (Å²) < 4.78 is 34.3. The molecule has 2 aromatic heterocycles. The second-order valence-electron chi connectivity index (χ2n) is 7.08. The molecule has 1 amide bonds. The van der Waals surface area contributed by atoms with Gasteiger partial charge in [0, 0.05) is 34.6 Å². The van der Waals surface area contributed by atoms with E-state index in [0.717, 1.165) is 0 Å². The Morgan fingerprint density at radius 3 is 2.57 bits per heavy atom. The molecule has 0 aliphatic heterocycles. The number of nitrogens with one attached hydrogen (secondary N) is 2. The molecule has 4 aromatic rings. The first-order valence-electron chi connectivity index (χ1n) is 9.74. The summed E-state index contributed by atoms with van der Waals surface area (Å²) in [4.78, 5) is 20.9. The molecule has 8 nitrogen and oxygen atoms in total. The van der Waals surface area contributed by atoms with Crippen LogP contribution in [0.5, 0.6) is 11.5 Å². The number of carbonyl (C=O) groups is 1. The van der Waals surface area contributed by atoms with Crippen LogP contribution in [0.25, 0.3) is 0 Å². The normalized spacial score (nSPS) is 11.2. The highest BCUT2D eigenvalue weighted by molar-refractivity contribution is 7.92. The van der Waals surface area contributed by atoms with Gasteiger partial charge in [-0.25, -0.2) is 13.4 Å². The van der Waals surface area contributed by atoms with E-state index in [1.165, 1.54) is 66.3 Å². The number of carbonyl (C=O) groups excluding carboxylic acids is 1. The Bertz CT molecular complexity index is 1510. The van der Waals surface area contributed by atoms with Crippen LogP contribution < -0.4 is 14.8 Å². The number of sulfonamides is 1. The third-order valence-corrected chi connectivity index (χ3v) is 7.69. The number of nitrogens with zero attached hydrogens (tertiary/aromatic N) is 2. The van der Waals surface area contributed by atoms with Crippen molar-refractivity contribution in [2.75, 3.05) is 10.0 Å². The Morgan fingerprint density at radius 2 is 1.86 bits per heavy atom. The number of anilines is 2.